The molecule has 0 heterocycles. The second-order valence-corrected chi connectivity index (χ2v) is 6.60. The van der Waals surface area contributed by atoms with Crippen LogP contribution in [0.2, 0.25) is 0 Å². The van der Waals surface area contributed by atoms with Crippen molar-refractivity contribution in [3.8, 4) is 11.1 Å². The van der Waals surface area contributed by atoms with Crippen LogP contribution in [0.5, 0.6) is 0 Å². The lowest BCUT2D eigenvalue weighted by molar-refractivity contribution is 0.100. The molecule has 0 aliphatic carbocycles. The van der Waals surface area contributed by atoms with Crippen LogP contribution in [0.3, 0.4) is 0 Å². The Morgan fingerprint density at radius 2 is 1.32 bits per heavy atom. The summed E-state index contributed by atoms with van der Waals surface area (Å²) in [6.07, 6.45) is -1.09. The second-order valence-electron chi connectivity index (χ2n) is 6.60. The van der Waals surface area contributed by atoms with Gasteiger partial charge in [-0.3, -0.25) is 9.69 Å². The van der Waals surface area contributed by atoms with E-state index in [1.807, 2.05) is 60.7 Å². The maximum absolute atomic E-state index is 12.3. The van der Waals surface area contributed by atoms with Gasteiger partial charge in [0.2, 0.25) is 5.91 Å². The van der Waals surface area contributed by atoms with Crippen LogP contribution in [0.1, 0.15) is 10.4 Å². The largest absolute Gasteiger partial charge is 0.465 e. The minimum Gasteiger partial charge on any atom is -0.465 e. The number of nitrogens with zero attached hydrogens (tertiary/aromatic N) is 1. The molecule has 0 saturated carbocycles. The summed E-state index contributed by atoms with van der Waals surface area (Å²) in [6.45, 7) is 0. The van der Waals surface area contributed by atoms with E-state index in [4.69, 9.17) is 5.73 Å². The smallest absolute Gasteiger partial charge is 0.411 e. The summed E-state index contributed by atoms with van der Waals surface area (Å²) < 4.78 is 0. The van der Waals surface area contributed by atoms with Crippen molar-refractivity contribution in [3.05, 3.63) is 78.4 Å². The van der Waals surface area contributed by atoms with Crippen molar-refractivity contribution in [1.29, 1.82) is 0 Å². The van der Waals surface area contributed by atoms with Crippen molar-refractivity contribution in [2.75, 3.05) is 11.9 Å². The second kappa shape index (κ2) is 6.70. The number of rotatable bonds is 3. The van der Waals surface area contributed by atoms with Crippen molar-refractivity contribution in [1.82, 2.24) is 0 Å². The number of hydrogen-bond acceptors (Lipinski definition) is 2. The topological polar surface area (TPSA) is 83.6 Å². The number of anilines is 1. The number of primary amides is 1. The quantitative estimate of drug-likeness (QED) is 0.539. The Labute approximate surface area is 161 Å². The average molecular weight is 370 g/mol. The van der Waals surface area contributed by atoms with E-state index in [0.29, 0.717) is 22.4 Å². The fraction of sp³-hybridized carbons (Fsp3) is 0.0435. The molecule has 0 saturated heterocycles. The van der Waals surface area contributed by atoms with Gasteiger partial charge in [0.25, 0.3) is 0 Å². The first kappa shape index (κ1) is 17.5. The molecule has 5 heteroatoms. The van der Waals surface area contributed by atoms with E-state index in [0.717, 1.165) is 26.4 Å². The van der Waals surface area contributed by atoms with Gasteiger partial charge in [-0.05, 0) is 33.7 Å². The third-order valence-corrected chi connectivity index (χ3v) is 5.00. The van der Waals surface area contributed by atoms with Crippen LogP contribution in [0.4, 0.5) is 10.5 Å². The molecule has 0 spiro atoms. The normalized spacial score (nSPS) is 10.9. The SMILES string of the molecule is CN(C(=O)O)c1ccc2ccccc2c1-c1c(C(N)=O)ccc2ccccc12. The minimum absolute atomic E-state index is 0.357. The molecule has 4 rings (SSSR count). The Morgan fingerprint density at radius 3 is 1.89 bits per heavy atom. The predicted molar refractivity (Wildman–Crippen MR) is 112 cm³/mol. The number of carbonyl (C=O) groups excluding carboxylic acids is 1. The zero-order valence-electron chi connectivity index (χ0n) is 15.2. The van der Waals surface area contributed by atoms with Gasteiger partial charge in [0, 0.05) is 23.7 Å². The van der Waals surface area contributed by atoms with Gasteiger partial charge in [-0.1, -0.05) is 60.7 Å². The number of fused-ring (bicyclic) bond motifs is 2. The third-order valence-electron chi connectivity index (χ3n) is 5.00. The lowest BCUT2D eigenvalue weighted by Crippen LogP contribution is -2.24. The molecule has 0 bridgehead atoms. The van der Waals surface area contributed by atoms with E-state index in [-0.39, 0.29) is 0 Å². The molecule has 0 aliphatic heterocycles. The molecule has 138 valence electrons. The molecule has 2 amide bonds. The molecule has 0 atom stereocenters. The Bertz CT molecular complexity index is 1250. The van der Waals surface area contributed by atoms with Gasteiger partial charge in [0.05, 0.1) is 5.69 Å². The van der Waals surface area contributed by atoms with E-state index in [1.165, 1.54) is 7.05 Å². The molecule has 0 unspecified atom stereocenters. The predicted octanol–water partition coefficient (Wildman–Crippen LogP) is 4.87. The van der Waals surface area contributed by atoms with E-state index < -0.39 is 12.0 Å². The molecular weight excluding hydrogens is 352 g/mol. The fourth-order valence-corrected chi connectivity index (χ4v) is 3.65. The molecule has 5 nitrogen and oxygen atoms in total. The number of hydrogen-bond donors (Lipinski definition) is 2. The zero-order chi connectivity index (χ0) is 19.8. The standard InChI is InChI=1S/C23H18N2O3/c1-25(23(27)28)19-13-11-15-7-3-5-9-17(15)21(19)20-16-8-4-2-6-14(16)10-12-18(20)22(24)26/h2-13H,1H3,(H2,24,26)(H,27,28). The molecule has 0 aliphatic rings. The summed E-state index contributed by atoms with van der Waals surface area (Å²) >= 11 is 0. The first-order valence-corrected chi connectivity index (χ1v) is 8.79. The highest BCUT2D eigenvalue weighted by molar-refractivity contribution is 6.17. The molecule has 3 N–H and O–H groups in total. The summed E-state index contributed by atoms with van der Waals surface area (Å²) in [7, 11) is 1.49. The van der Waals surface area contributed by atoms with Crippen LogP contribution in [0, 0.1) is 0 Å². The van der Waals surface area contributed by atoms with Gasteiger partial charge in [0.1, 0.15) is 0 Å². The number of carbonyl (C=O) groups is 2. The highest BCUT2D eigenvalue weighted by Crippen LogP contribution is 2.42. The van der Waals surface area contributed by atoms with Crippen molar-refractivity contribution < 1.29 is 14.7 Å². The lowest BCUT2D eigenvalue weighted by atomic mass is 9.88. The van der Waals surface area contributed by atoms with Gasteiger partial charge in [-0.2, -0.15) is 0 Å². The van der Waals surface area contributed by atoms with Crippen LogP contribution in [0.25, 0.3) is 32.7 Å². The molecule has 0 aromatic heterocycles. The highest BCUT2D eigenvalue weighted by Gasteiger charge is 2.22. The van der Waals surface area contributed by atoms with Crippen LogP contribution < -0.4 is 10.6 Å². The van der Waals surface area contributed by atoms with Crippen molar-refractivity contribution in [3.63, 3.8) is 0 Å². The summed E-state index contributed by atoms with van der Waals surface area (Å²) in [5.74, 6) is -0.558. The van der Waals surface area contributed by atoms with Gasteiger partial charge in [-0.15, -0.1) is 0 Å². The Balaban J connectivity index is 2.23. The highest BCUT2D eigenvalue weighted by atomic mass is 16.4. The first-order chi connectivity index (χ1) is 13.5. The van der Waals surface area contributed by atoms with Crippen molar-refractivity contribution >= 4 is 39.2 Å². The van der Waals surface area contributed by atoms with Gasteiger partial charge < -0.3 is 10.8 Å². The molecule has 4 aromatic rings. The van der Waals surface area contributed by atoms with Crippen LogP contribution in [-0.4, -0.2) is 24.2 Å². The molecular formula is C23H18N2O3. The van der Waals surface area contributed by atoms with Gasteiger partial charge in [-0.25, -0.2) is 4.79 Å². The fourth-order valence-electron chi connectivity index (χ4n) is 3.65. The van der Waals surface area contributed by atoms with Crippen LogP contribution in [-0.2, 0) is 0 Å². The molecule has 0 fully saturated rings. The van der Waals surface area contributed by atoms with E-state index in [1.54, 1.807) is 12.1 Å². The Morgan fingerprint density at radius 1 is 0.786 bits per heavy atom. The van der Waals surface area contributed by atoms with E-state index >= 15 is 0 Å². The molecule has 28 heavy (non-hydrogen) atoms. The minimum atomic E-state index is -1.09. The average Bonchev–Trinajstić information content (AvgIpc) is 2.71. The number of amides is 2. The summed E-state index contributed by atoms with van der Waals surface area (Å²) in [5.41, 5.74) is 7.87. The summed E-state index contributed by atoms with van der Waals surface area (Å²) in [6, 6.07) is 22.6. The lowest BCUT2D eigenvalue weighted by Gasteiger charge is -2.22. The van der Waals surface area contributed by atoms with Crippen molar-refractivity contribution in [2.24, 2.45) is 5.73 Å². The summed E-state index contributed by atoms with van der Waals surface area (Å²) in [4.78, 5) is 25.2. The Hall–Kier alpha value is -3.86. The van der Waals surface area contributed by atoms with Gasteiger partial charge in [0.15, 0.2) is 0 Å². The van der Waals surface area contributed by atoms with Crippen LogP contribution >= 0.6 is 0 Å². The van der Waals surface area contributed by atoms with E-state index in [2.05, 4.69) is 0 Å². The molecule has 0 radical (unpaired) electrons. The van der Waals surface area contributed by atoms with E-state index in [9.17, 15) is 14.7 Å². The maximum atomic E-state index is 12.3. The summed E-state index contributed by atoms with van der Waals surface area (Å²) in [5, 5.41) is 13.2. The van der Waals surface area contributed by atoms with Gasteiger partial charge >= 0.3 is 6.09 Å². The number of carboxylic acid groups (broad SMARTS) is 1. The monoisotopic (exact) mass is 370 g/mol. The first-order valence-electron chi connectivity index (χ1n) is 8.79. The number of benzene rings is 4. The molecule has 4 aromatic carbocycles. The van der Waals surface area contributed by atoms with Crippen LogP contribution in [0.15, 0.2) is 72.8 Å². The Kier molecular flexibility index (Phi) is 4.20. The number of nitrogens with two attached hydrogens (primary N) is 1. The van der Waals surface area contributed by atoms with Crippen molar-refractivity contribution in [2.45, 2.75) is 0 Å². The maximum Gasteiger partial charge on any atom is 0.411 e. The zero-order valence-corrected chi connectivity index (χ0v) is 15.2. The third kappa shape index (κ3) is 2.74.